The highest BCUT2D eigenvalue weighted by Crippen LogP contribution is 2.44. The molecule has 0 amide bonds. The molecule has 134 valence electrons. The van der Waals surface area contributed by atoms with Crippen LogP contribution < -0.4 is 4.74 Å². The Kier molecular flexibility index (Phi) is 4.50. The van der Waals surface area contributed by atoms with E-state index in [1.807, 2.05) is 42.5 Å². The second-order valence-corrected chi connectivity index (χ2v) is 6.68. The summed E-state index contributed by atoms with van der Waals surface area (Å²) in [5.41, 5.74) is 4.73. The summed E-state index contributed by atoms with van der Waals surface area (Å²) in [4.78, 5) is 4.85. The Balaban J connectivity index is 0.00000180. The summed E-state index contributed by atoms with van der Waals surface area (Å²) in [6.07, 6.45) is 0. The third-order valence-corrected chi connectivity index (χ3v) is 4.94. The molecule has 5 rings (SSSR count). The summed E-state index contributed by atoms with van der Waals surface area (Å²) >= 11 is 6.23. The molecule has 0 spiro atoms. The number of para-hydroxylation sites is 1. The minimum Gasteiger partial charge on any atom is -0.488 e. The number of nitrogens with zero attached hydrogens (tertiary/aromatic N) is 1. The molecule has 0 saturated carbocycles. The maximum Gasteiger partial charge on any atom is 0.131 e. The first-order chi connectivity index (χ1) is 12.7. The van der Waals surface area contributed by atoms with E-state index in [1.165, 1.54) is 6.07 Å². The van der Waals surface area contributed by atoms with Gasteiger partial charge >= 0.3 is 0 Å². The predicted octanol–water partition coefficient (Wildman–Crippen LogP) is 6.68. The first-order valence-corrected chi connectivity index (χ1v) is 8.69. The van der Waals surface area contributed by atoms with Gasteiger partial charge in [-0.2, -0.15) is 0 Å². The Morgan fingerprint density at radius 3 is 2.48 bits per heavy atom. The lowest BCUT2D eigenvalue weighted by Crippen LogP contribution is -2.10. The van der Waals surface area contributed by atoms with E-state index in [9.17, 15) is 4.39 Å². The van der Waals surface area contributed by atoms with Gasteiger partial charge in [-0.05, 0) is 36.4 Å². The lowest BCUT2D eigenvalue weighted by atomic mass is 9.90. The smallest absolute Gasteiger partial charge is 0.131 e. The summed E-state index contributed by atoms with van der Waals surface area (Å²) in [6.45, 7) is 0.339. The van der Waals surface area contributed by atoms with Crippen molar-refractivity contribution in [1.29, 1.82) is 0 Å². The van der Waals surface area contributed by atoms with E-state index >= 15 is 0 Å². The fourth-order valence-corrected chi connectivity index (χ4v) is 3.72. The van der Waals surface area contributed by atoms with E-state index in [-0.39, 0.29) is 18.2 Å². The average Bonchev–Trinajstić information content (AvgIpc) is 2.67. The number of pyridine rings is 1. The van der Waals surface area contributed by atoms with Crippen LogP contribution in [0.1, 0.15) is 5.56 Å². The molecule has 5 heteroatoms. The van der Waals surface area contributed by atoms with E-state index in [4.69, 9.17) is 21.3 Å². The quantitative estimate of drug-likeness (QED) is 0.357. The third-order valence-electron chi connectivity index (χ3n) is 4.71. The van der Waals surface area contributed by atoms with Gasteiger partial charge in [-0.25, -0.2) is 9.37 Å². The zero-order chi connectivity index (χ0) is 17.7. The van der Waals surface area contributed by atoms with Crippen LogP contribution in [0.3, 0.4) is 0 Å². The van der Waals surface area contributed by atoms with Crippen LogP contribution >= 0.6 is 24.0 Å². The van der Waals surface area contributed by atoms with Gasteiger partial charge in [0, 0.05) is 32.7 Å². The third kappa shape index (κ3) is 2.84. The highest BCUT2D eigenvalue weighted by atomic mass is 35.5. The van der Waals surface area contributed by atoms with Crippen LogP contribution in [0.5, 0.6) is 5.75 Å². The Morgan fingerprint density at radius 2 is 1.67 bits per heavy atom. The maximum absolute atomic E-state index is 14.7. The van der Waals surface area contributed by atoms with Crippen molar-refractivity contribution in [3.8, 4) is 28.1 Å². The average molecular weight is 398 g/mol. The lowest BCUT2D eigenvalue weighted by molar-refractivity contribution is 0.302. The molecule has 0 fully saturated rings. The number of benzene rings is 3. The summed E-state index contributed by atoms with van der Waals surface area (Å²) < 4.78 is 20.6. The molecule has 2 nitrogen and oxygen atoms in total. The van der Waals surface area contributed by atoms with E-state index in [2.05, 4.69) is 0 Å². The van der Waals surface area contributed by atoms with Crippen LogP contribution in [0, 0.1) is 5.82 Å². The van der Waals surface area contributed by atoms with Crippen molar-refractivity contribution in [2.75, 3.05) is 0 Å². The fourth-order valence-electron chi connectivity index (χ4n) is 3.55. The zero-order valence-corrected chi connectivity index (χ0v) is 15.7. The summed E-state index contributed by atoms with van der Waals surface area (Å²) in [5, 5.41) is 1.42. The van der Waals surface area contributed by atoms with Crippen molar-refractivity contribution in [1.82, 2.24) is 4.98 Å². The fraction of sp³-hybridized carbons (Fsp3) is 0.0455. The normalized spacial score (nSPS) is 11.9. The first-order valence-electron chi connectivity index (χ1n) is 8.31. The SMILES string of the molecule is Cl.Fc1ccccc1-c1c2c(nc3ccc(Cl)cc13)-c1ccccc1OC2. The Bertz CT molecular complexity index is 1180. The molecule has 2 heterocycles. The molecule has 0 saturated heterocycles. The number of hydrogen-bond donors (Lipinski definition) is 0. The van der Waals surface area contributed by atoms with Gasteiger partial charge in [0.1, 0.15) is 18.2 Å². The van der Waals surface area contributed by atoms with Gasteiger partial charge in [0.25, 0.3) is 0 Å². The first kappa shape index (κ1) is 17.8. The van der Waals surface area contributed by atoms with Gasteiger partial charge in [0.2, 0.25) is 0 Å². The number of ether oxygens (including phenoxy) is 1. The Morgan fingerprint density at radius 1 is 0.926 bits per heavy atom. The number of fused-ring (bicyclic) bond motifs is 4. The van der Waals surface area contributed by atoms with Crippen molar-refractivity contribution >= 4 is 34.9 Å². The molecule has 0 N–H and O–H groups in total. The van der Waals surface area contributed by atoms with Crippen LogP contribution in [-0.2, 0) is 6.61 Å². The molecule has 4 aromatic rings. The van der Waals surface area contributed by atoms with Gasteiger partial charge in [0.15, 0.2) is 0 Å². The number of aromatic nitrogens is 1. The largest absolute Gasteiger partial charge is 0.488 e. The minimum atomic E-state index is -0.277. The highest BCUT2D eigenvalue weighted by molar-refractivity contribution is 6.31. The molecule has 3 aromatic carbocycles. The van der Waals surface area contributed by atoms with Gasteiger partial charge in [-0.1, -0.05) is 41.9 Å². The predicted molar refractivity (Wildman–Crippen MR) is 109 cm³/mol. The van der Waals surface area contributed by atoms with Crippen LogP contribution in [-0.4, -0.2) is 4.98 Å². The molecular weight excluding hydrogens is 384 g/mol. The van der Waals surface area contributed by atoms with Crippen LogP contribution in [0.25, 0.3) is 33.3 Å². The Hall–Kier alpha value is -2.62. The minimum absolute atomic E-state index is 0. The van der Waals surface area contributed by atoms with Crippen LogP contribution in [0.2, 0.25) is 5.02 Å². The molecule has 1 aromatic heterocycles. The Labute approximate surface area is 167 Å². The van der Waals surface area contributed by atoms with Crippen molar-refractivity contribution in [2.45, 2.75) is 6.61 Å². The molecule has 0 unspecified atom stereocenters. The monoisotopic (exact) mass is 397 g/mol. The molecule has 1 aliphatic heterocycles. The molecule has 27 heavy (non-hydrogen) atoms. The van der Waals surface area contributed by atoms with Crippen molar-refractivity contribution < 1.29 is 9.13 Å². The van der Waals surface area contributed by atoms with Crippen molar-refractivity contribution in [3.63, 3.8) is 0 Å². The maximum atomic E-state index is 14.7. The van der Waals surface area contributed by atoms with E-state index in [0.717, 1.165) is 39.0 Å². The highest BCUT2D eigenvalue weighted by Gasteiger charge is 2.25. The van der Waals surface area contributed by atoms with Gasteiger partial charge in [0.05, 0.1) is 11.2 Å². The number of hydrogen-bond acceptors (Lipinski definition) is 2. The van der Waals surface area contributed by atoms with Crippen molar-refractivity contribution in [2.24, 2.45) is 0 Å². The summed E-state index contributed by atoms with van der Waals surface area (Å²) in [7, 11) is 0. The molecular formula is C22H14Cl2FNO. The van der Waals surface area contributed by atoms with Gasteiger partial charge in [-0.15, -0.1) is 12.4 Å². The molecule has 0 atom stereocenters. The molecule has 0 aliphatic carbocycles. The van der Waals surface area contributed by atoms with E-state index in [1.54, 1.807) is 18.2 Å². The van der Waals surface area contributed by atoms with E-state index in [0.29, 0.717) is 17.2 Å². The summed E-state index contributed by atoms with van der Waals surface area (Å²) in [5.74, 6) is 0.515. The van der Waals surface area contributed by atoms with Gasteiger partial charge in [-0.3, -0.25) is 0 Å². The lowest BCUT2D eigenvalue weighted by Gasteiger charge is -2.24. The number of halogens is 3. The molecule has 0 radical (unpaired) electrons. The molecule has 1 aliphatic rings. The molecule has 0 bridgehead atoms. The second kappa shape index (κ2) is 6.84. The second-order valence-electron chi connectivity index (χ2n) is 6.24. The standard InChI is InChI=1S/C22H13ClFNO.ClH/c23-13-9-10-19-16(11-13)21(14-5-1-3-7-18(14)24)17-12-26-20-8-4-2-6-15(20)22(17)25-19;/h1-11H,12H2;1H. The van der Waals surface area contributed by atoms with Crippen molar-refractivity contribution in [3.05, 3.63) is 83.1 Å². The zero-order valence-electron chi connectivity index (χ0n) is 14.1. The number of rotatable bonds is 1. The summed E-state index contributed by atoms with van der Waals surface area (Å²) in [6, 6.07) is 20.1. The van der Waals surface area contributed by atoms with Crippen LogP contribution in [0.15, 0.2) is 66.7 Å². The topological polar surface area (TPSA) is 22.1 Å². The van der Waals surface area contributed by atoms with Crippen LogP contribution in [0.4, 0.5) is 4.39 Å². The van der Waals surface area contributed by atoms with E-state index < -0.39 is 0 Å². The van der Waals surface area contributed by atoms with Gasteiger partial charge < -0.3 is 4.74 Å².